The molecule has 0 fully saturated rings. The third-order valence-corrected chi connectivity index (χ3v) is 4.59. The molecule has 0 radical (unpaired) electrons. The van der Waals surface area contributed by atoms with Crippen LogP contribution >= 0.6 is 0 Å². The third kappa shape index (κ3) is 1.78. The van der Waals surface area contributed by atoms with Gasteiger partial charge >= 0.3 is 0 Å². The van der Waals surface area contributed by atoms with E-state index in [0.717, 1.165) is 22.4 Å². The number of fused-ring (bicyclic) bond motifs is 5. The predicted molar refractivity (Wildman–Crippen MR) is 98.6 cm³/mol. The molecule has 114 valence electrons. The first-order valence-electron chi connectivity index (χ1n) is 8.04. The van der Waals surface area contributed by atoms with Crippen molar-refractivity contribution in [2.75, 3.05) is 0 Å². The molecule has 0 spiro atoms. The zero-order chi connectivity index (χ0) is 16.1. The van der Waals surface area contributed by atoms with Crippen molar-refractivity contribution in [2.45, 2.75) is 6.92 Å². The summed E-state index contributed by atoms with van der Waals surface area (Å²) >= 11 is 0. The molecule has 0 atom stereocenters. The van der Waals surface area contributed by atoms with Crippen LogP contribution in [0.4, 0.5) is 0 Å². The molecule has 3 nitrogen and oxygen atoms in total. The predicted octanol–water partition coefficient (Wildman–Crippen LogP) is 5.04. The van der Waals surface area contributed by atoms with Crippen LogP contribution in [-0.4, -0.2) is 14.8 Å². The molecule has 0 unspecified atom stereocenters. The SMILES string of the molecule is Cc1nn(-c2ccccc2)c2ncc3c4ccccc4ccc3c12. The van der Waals surface area contributed by atoms with Crippen molar-refractivity contribution in [1.82, 2.24) is 14.8 Å². The highest BCUT2D eigenvalue weighted by Gasteiger charge is 2.14. The molecule has 0 aliphatic carbocycles. The third-order valence-electron chi connectivity index (χ3n) is 4.59. The molecule has 3 heteroatoms. The van der Waals surface area contributed by atoms with Gasteiger partial charge in [0.1, 0.15) is 0 Å². The first-order chi connectivity index (χ1) is 11.8. The van der Waals surface area contributed by atoms with E-state index in [9.17, 15) is 0 Å². The summed E-state index contributed by atoms with van der Waals surface area (Å²) in [5.74, 6) is 0. The molecule has 0 aliphatic rings. The van der Waals surface area contributed by atoms with Crippen LogP contribution < -0.4 is 0 Å². The molecule has 0 N–H and O–H groups in total. The van der Waals surface area contributed by atoms with Crippen molar-refractivity contribution in [3.05, 3.63) is 78.6 Å². The highest BCUT2D eigenvalue weighted by atomic mass is 15.3. The van der Waals surface area contributed by atoms with Crippen molar-refractivity contribution in [1.29, 1.82) is 0 Å². The molecule has 3 aromatic carbocycles. The summed E-state index contributed by atoms with van der Waals surface area (Å²) < 4.78 is 1.93. The Morgan fingerprint density at radius 3 is 2.42 bits per heavy atom. The van der Waals surface area contributed by atoms with Gasteiger partial charge in [-0.25, -0.2) is 9.67 Å². The minimum absolute atomic E-state index is 0.904. The zero-order valence-corrected chi connectivity index (χ0v) is 13.3. The number of aryl methyl sites for hydroxylation is 1. The lowest BCUT2D eigenvalue weighted by Crippen LogP contribution is -1.97. The van der Waals surface area contributed by atoms with Gasteiger partial charge in [0, 0.05) is 11.6 Å². The van der Waals surface area contributed by atoms with Crippen molar-refractivity contribution in [3.8, 4) is 5.69 Å². The molecule has 5 aromatic rings. The van der Waals surface area contributed by atoms with Gasteiger partial charge in [-0.1, -0.05) is 54.6 Å². The lowest BCUT2D eigenvalue weighted by atomic mass is 10.0. The Morgan fingerprint density at radius 2 is 1.54 bits per heavy atom. The number of benzene rings is 3. The van der Waals surface area contributed by atoms with E-state index in [1.165, 1.54) is 21.5 Å². The molecule has 0 saturated heterocycles. The molecule has 0 bridgehead atoms. The van der Waals surface area contributed by atoms with Gasteiger partial charge in [0.25, 0.3) is 0 Å². The Bertz CT molecular complexity index is 1200. The second kappa shape index (κ2) is 4.90. The van der Waals surface area contributed by atoms with Gasteiger partial charge in [0.05, 0.1) is 16.8 Å². The maximum absolute atomic E-state index is 4.76. The molecular weight excluding hydrogens is 294 g/mol. The lowest BCUT2D eigenvalue weighted by molar-refractivity contribution is 0.878. The van der Waals surface area contributed by atoms with Gasteiger partial charge in [0.15, 0.2) is 5.65 Å². The molecule has 0 amide bonds. The fourth-order valence-corrected chi connectivity index (χ4v) is 3.48. The van der Waals surface area contributed by atoms with E-state index in [2.05, 4.69) is 55.5 Å². The van der Waals surface area contributed by atoms with E-state index >= 15 is 0 Å². The van der Waals surface area contributed by atoms with E-state index in [1.807, 2.05) is 29.1 Å². The summed E-state index contributed by atoms with van der Waals surface area (Å²) in [6.07, 6.45) is 1.97. The van der Waals surface area contributed by atoms with Crippen molar-refractivity contribution in [3.63, 3.8) is 0 Å². The van der Waals surface area contributed by atoms with Gasteiger partial charge in [-0.2, -0.15) is 5.10 Å². The second-order valence-electron chi connectivity index (χ2n) is 6.04. The fraction of sp³-hybridized carbons (Fsp3) is 0.0476. The maximum Gasteiger partial charge on any atom is 0.163 e. The van der Waals surface area contributed by atoms with E-state index in [4.69, 9.17) is 10.1 Å². The van der Waals surface area contributed by atoms with Crippen LogP contribution in [0.3, 0.4) is 0 Å². The second-order valence-corrected chi connectivity index (χ2v) is 6.04. The zero-order valence-electron chi connectivity index (χ0n) is 13.3. The van der Waals surface area contributed by atoms with Crippen LogP contribution in [0.5, 0.6) is 0 Å². The normalized spacial score (nSPS) is 11.5. The molecular formula is C21H15N3. The Hall–Kier alpha value is -3.20. The minimum Gasteiger partial charge on any atom is -0.236 e. The summed E-state index contributed by atoms with van der Waals surface area (Å²) in [6, 6.07) is 23.0. The quantitative estimate of drug-likeness (QED) is 0.406. The number of nitrogens with zero attached hydrogens (tertiary/aromatic N) is 3. The Balaban J connectivity index is 1.93. The number of hydrogen-bond acceptors (Lipinski definition) is 2. The maximum atomic E-state index is 4.76. The molecule has 2 heterocycles. The van der Waals surface area contributed by atoms with Crippen LogP contribution in [0.1, 0.15) is 5.69 Å². The first-order valence-corrected chi connectivity index (χ1v) is 8.04. The molecule has 0 saturated carbocycles. The van der Waals surface area contributed by atoms with Crippen LogP contribution in [-0.2, 0) is 0 Å². The molecule has 0 aliphatic heterocycles. The van der Waals surface area contributed by atoms with Gasteiger partial charge in [-0.3, -0.25) is 0 Å². The number of pyridine rings is 1. The average molecular weight is 309 g/mol. The minimum atomic E-state index is 0.904. The highest BCUT2D eigenvalue weighted by molar-refractivity contribution is 6.16. The van der Waals surface area contributed by atoms with Crippen molar-refractivity contribution >= 4 is 32.6 Å². The van der Waals surface area contributed by atoms with E-state index in [-0.39, 0.29) is 0 Å². The molecule has 2 aromatic heterocycles. The number of para-hydroxylation sites is 1. The van der Waals surface area contributed by atoms with E-state index < -0.39 is 0 Å². The van der Waals surface area contributed by atoms with Gasteiger partial charge < -0.3 is 0 Å². The van der Waals surface area contributed by atoms with Crippen LogP contribution in [0.15, 0.2) is 72.9 Å². The van der Waals surface area contributed by atoms with Crippen molar-refractivity contribution in [2.24, 2.45) is 0 Å². The van der Waals surface area contributed by atoms with Crippen LogP contribution in [0.2, 0.25) is 0 Å². The molecule has 24 heavy (non-hydrogen) atoms. The van der Waals surface area contributed by atoms with Gasteiger partial charge in [-0.05, 0) is 35.2 Å². The lowest BCUT2D eigenvalue weighted by Gasteiger charge is -2.06. The monoisotopic (exact) mass is 309 g/mol. The largest absolute Gasteiger partial charge is 0.236 e. The van der Waals surface area contributed by atoms with Crippen LogP contribution in [0.25, 0.3) is 38.3 Å². The smallest absolute Gasteiger partial charge is 0.163 e. The standard InChI is InChI=1S/C21H15N3/c1-14-20-18-12-11-15-7-5-6-10-17(15)19(18)13-22-21(20)24(23-14)16-8-3-2-4-9-16/h2-13H,1H3. The van der Waals surface area contributed by atoms with E-state index in [0.29, 0.717) is 0 Å². The summed E-state index contributed by atoms with van der Waals surface area (Å²) in [6.45, 7) is 2.05. The fourth-order valence-electron chi connectivity index (χ4n) is 3.48. The molecule has 5 rings (SSSR count). The van der Waals surface area contributed by atoms with Gasteiger partial charge in [-0.15, -0.1) is 0 Å². The highest BCUT2D eigenvalue weighted by Crippen LogP contribution is 2.32. The average Bonchev–Trinajstić information content (AvgIpc) is 2.99. The summed E-state index contributed by atoms with van der Waals surface area (Å²) in [5, 5.41) is 10.7. The Labute approximate surface area is 139 Å². The van der Waals surface area contributed by atoms with E-state index in [1.54, 1.807) is 0 Å². The summed E-state index contributed by atoms with van der Waals surface area (Å²) in [7, 11) is 0. The first kappa shape index (κ1) is 13.3. The number of hydrogen-bond donors (Lipinski definition) is 0. The topological polar surface area (TPSA) is 30.7 Å². The van der Waals surface area contributed by atoms with Crippen LogP contribution in [0, 0.1) is 6.92 Å². The summed E-state index contributed by atoms with van der Waals surface area (Å²) in [4.78, 5) is 4.76. The number of aromatic nitrogens is 3. The Morgan fingerprint density at radius 1 is 0.750 bits per heavy atom. The summed E-state index contributed by atoms with van der Waals surface area (Å²) in [5.41, 5.74) is 2.94. The van der Waals surface area contributed by atoms with Crippen molar-refractivity contribution < 1.29 is 0 Å². The van der Waals surface area contributed by atoms with Gasteiger partial charge in [0.2, 0.25) is 0 Å². The number of rotatable bonds is 1. The Kier molecular flexibility index (Phi) is 2.71.